The Balaban J connectivity index is 3.21. The second-order valence-electron chi connectivity index (χ2n) is 3.98. The van der Waals surface area contributed by atoms with Gasteiger partial charge >= 0.3 is 6.18 Å². The summed E-state index contributed by atoms with van der Waals surface area (Å²) >= 11 is 1.17. The summed E-state index contributed by atoms with van der Waals surface area (Å²) in [7, 11) is 0. The summed E-state index contributed by atoms with van der Waals surface area (Å²) in [4.78, 5) is 0.344. The van der Waals surface area contributed by atoms with Gasteiger partial charge in [-0.15, -0.1) is 11.8 Å². The van der Waals surface area contributed by atoms with Gasteiger partial charge in [0.05, 0.1) is 0 Å². The van der Waals surface area contributed by atoms with Crippen LogP contribution in [-0.4, -0.2) is 12.4 Å². The molecule has 0 radical (unpaired) electrons. The van der Waals surface area contributed by atoms with Crippen molar-refractivity contribution in [2.24, 2.45) is 0 Å². The average Bonchev–Trinajstić information content (AvgIpc) is 2.34. The third-order valence-electron chi connectivity index (χ3n) is 2.64. The fourth-order valence-electron chi connectivity index (χ4n) is 1.74. The van der Waals surface area contributed by atoms with Gasteiger partial charge in [-0.2, -0.15) is 13.2 Å². The van der Waals surface area contributed by atoms with Crippen molar-refractivity contribution in [1.29, 1.82) is 0 Å². The Kier molecular flexibility index (Phi) is 5.79. The predicted octanol–water partition coefficient (Wildman–Crippen LogP) is 5.51. The molecule has 0 bridgehead atoms. The first-order valence-electron chi connectivity index (χ1n) is 5.90. The number of unbranched alkanes of at least 4 members (excludes halogenated alkanes) is 1. The van der Waals surface area contributed by atoms with Crippen LogP contribution in [0, 0.1) is 0 Å². The van der Waals surface area contributed by atoms with E-state index < -0.39 is 11.7 Å². The molecule has 0 N–H and O–H groups in total. The number of hydrogen-bond acceptors (Lipinski definition) is 1. The monoisotopic (exact) mass is 274 g/mol. The Morgan fingerprint density at radius 3 is 2.22 bits per heavy atom. The minimum Gasteiger partial charge on any atom is -0.166 e. The number of thioether (sulfide) groups is 1. The zero-order valence-corrected chi connectivity index (χ0v) is 11.4. The van der Waals surface area contributed by atoms with Crippen molar-refractivity contribution in [3.8, 4) is 0 Å². The topological polar surface area (TPSA) is 0 Å². The van der Waals surface area contributed by atoms with Crippen molar-refractivity contribution >= 4 is 16.7 Å². The standard InChI is InChI=1S/C14H17F3S/c1-3-4-10-12(14(15,16)17)13(18-2)11-8-6-5-7-9-11/h5-9H,3-4,10H2,1-2H3/b13-12-. The molecule has 0 heterocycles. The summed E-state index contributed by atoms with van der Waals surface area (Å²) in [6, 6.07) is 8.78. The van der Waals surface area contributed by atoms with Gasteiger partial charge in [0.1, 0.15) is 0 Å². The summed E-state index contributed by atoms with van der Waals surface area (Å²) in [6.45, 7) is 1.90. The quantitative estimate of drug-likeness (QED) is 0.682. The third-order valence-corrected chi connectivity index (χ3v) is 3.53. The Morgan fingerprint density at radius 1 is 1.17 bits per heavy atom. The van der Waals surface area contributed by atoms with Crippen LogP contribution >= 0.6 is 11.8 Å². The largest absolute Gasteiger partial charge is 0.413 e. The van der Waals surface area contributed by atoms with Crippen LogP contribution in [0.5, 0.6) is 0 Å². The van der Waals surface area contributed by atoms with Gasteiger partial charge < -0.3 is 0 Å². The summed E-state index contributed by atoms with van der Waals surface area (Å²) in [6.07, 6.45) is -1.14. The van der Waals surface area contributed by atoms with E-state index in [1.165, 1.54) is 11.8 Å². The Labute approximate surface area is 110 Å². The van der Waals surface area contributed by atoms with Gasteiger partial charge in [-0.05, 0) is 24.7 Å². The van der Waals surface area contributed by atoms with Gasteiger partial charge in [-0.25, -0.2) is 0 Å². The lowest BCUT2D eigenvalue weighted by Gasteiger charge is -2.17. The summed E-state index contributed by atoms with van der Waals surface area (Å²) < 4.78 is 39.3. The number of benzene rings is 1. The number of allylic oxidation sites excluding steroid dienone is 1. The van der Waals surface area contributed by atoms with Gasteiger partial charge in [0.25, 0.3) is 0 Å². The predicted molar refractivity (Wildman–Crippen MR) is 72.5 cm³/mol. The minimum atomic E-state index is -4.25. The normalized spacial score (nSPS) is 13.4. The molecule has 0 aliphatic heterocycles. The van der Waals surface area contributed by atoms with E-state index in [9.17, 15) is 13.2 Å². The van der Waals surface area contributed by atoms with E-state index in [0.29, 0.717) is 16.9 Å². The van der Waals surface area contributed by atoms with E-state index in [4.69, 9.17) is 0 Å². The average molecular weight is 274 g/mol. The second kappa shape index (κ2) is 6.88. The van der Waals surface area contributed by atoms with Crippen LogP contribution in [0.4, 0.5) is 13.2 Å². The maximum Gasteiger partial charge on any atom is 0.413 e. The molecule has 1 rings (SSSR count). The Morgan fingerprint density at radius 2 is 1.78 bits per heavy atom. The van der Waals surface area contributed by atoms with E-state index in [2.05, 4.69) is 0 Å². The molecule has 0 saturated heterocycles. The fraction of sp³-hybridized carbons (Fsp3) is 0.429. The van der Waals surface area contributed by atoms with E-state index >= 15 is 0 Å². The van der Waals surface area contributed by atoms with Gasteiger partial charge in [0.15, 0.2) is 0 Å². The highest BCUT2D eigenvalue weighted by Crippen LogP contribution is 2.40. The molecule has 0 aliphatic rings. The van der Waals surface area contributed by atoms with E-state index in [-0.39, 0.29) is 6.42 Å². The third kappa shape index (κ3) is 4.09. The first-order chi connectivity index (χ1) is 8.50. The fourth-order valence-corrected chi connectivity index (χ4v) is 2.58. The van der Waals surface area contributed by atoms with Crippen molar-refractivity contribution in [2.45, 2.75) is 32.4 Å². The van der Waals surface area contributed by atoms with Crippen LogP contribution < -0.4 is 0 Å². The van der Waals surface area contributed by atoms with E-state index in [0.717, 1.165) is 6.42 Å². The maximum atomic E-state index is 13.1. The lowest BCUT2D eigenvalue weighted by molar-refractivity contribution is -0.0932. The van der Waals surface area contributed by atoms with Crippen LogP contribution in [0.15, 0.2) is 35.9 Å². The molecule has 0 nitrogen and oxygen atoms in total. The molecule has 0 aromatic heterocycles. The van der Waals surface area contributed by atoms with Crippen LogP contribution in [-0.2, 0) is 0 Å². The molecule has 1 aromatic rings. The molecule has 0 amide bonds. The van der Waals surface area contributed by atoms with Crippen molar-refractivity contribution in [1.82, 2.24) is 0 Å². The summed E-state index contributed by atoms with van der Waals surface area (Å²) in [5.41, 5.74) is 0.247. The lowest BCUT2D eigenvalue weighted by Crippen LogP contribution is -2.13. The Hall–Kier alpha value is -0.900. The Bertz CT molecular complexity index is 393. The SMILES string of the molecule is CCCC/C(=C(/SC)c1ccccc1)C(F)(F)F. The summed E-state index contributed by atoms with van der Waals surface area (Å²) in [5, 5.41) is 0. The van der Waals surface area contributed by atoms with E-state index in [1.807, 2.05) is 6.92 Å². The molecule has 4 heteroatoms. The van der Waals surface area contributed by atoms with Crippen molar-refractivity contribution < 1.29 is 13.2 Å². The van der Waals surface area contributed by atoms with Crippen LogP contribution in [0.2, 0.25) is 0 Å². The van der Waals surface area contributed by atoms with Crippen molar-refractivity contribution in [2.75, 3.05) is 6.26 Å². The van der Waals surface area contributed by atoms with Gasteiger partial charge in [0, 0.05) is 10.5 Å². The molecule has 0 spiro atoms. The zero-order valence-electron chi connectivity index (χ0n) is 10.6. The molecule has 0 unspecified atom stereocenters. The highest BCUT2D eigenvalue weighted by atomic mass is 32.2. The molecule has 100 valence electrons. The minimum absolute atomic E-state index is 0.0884. The molecule has 0 fully saturated rings. The van der Waals surface area contributed by atoms with Crippen molar-refractivity contribution in [3.05, 3.63) is 41.5 Å². The zero-order chi connectivity index (χ0) is 13.6. The number of halogens is 3. The molecule has 18 heavy (non-hydrogen) atoms. The van der Waals surface area contributed by atoms with Crippen LogP contribution in [0.25, 0.3) is 4.91 Å². The highest BCUT2D eigenvalue weighted by Gasteiger charge is 2.35. The molecular weight excluding hydrogens is 257 g/mol. The number of alkyl halides is 3. The number of hydrogen-bond donors (Lipinski definition) is 0. The molecule has 0 saturated carbocycles. The lowest BCUT2D eigenvalue weighted by atomic mass is 10.0. The molecular formula is C14H17F3S. The summed E-state index contributed by atoms with van der Waals surface area (Å²) in [5.74, 6) is 0. The first kappa shape index (κ1) is 15.2. The van der Waals surface area contributed by atoms with Crippen LogP contribution in [0.1, 0.15) is 31.7 Å². The van der Waals surface area contributed by atoms with Crippen LogP contribution in [0.3, 0.4) is 0 Å². The molecule has 0 aliphatic carbocycles. The van der Waals surface area contributed by atoms with Gasteiger partial charge in [-0.3, -0.25) is 0 Å². The van der Waals surface area contributed by atoms with Gasteiger partial charge in [-0.1, -0.05) is 43.7 Å². The first-order valence-corrected chi connectivity index (χ1v) is 7.13. The van der Waals surface area contributed by atoms with Crippen molar-refractivity contribution in [3.63, 3.8) is 0 Å². The maximum absolute atomic E-state index is 13.1. The smallest absolute Gasteiger partial charge is 0.166 e. The van der Waals surface area contributed by atoms with E-state index in [1.54, 1.807) is 36.6 Å². The molecule has 1 aromatic carbocycles. The highest BCUT2D eigenvalue weighted by molar-refractivity contribution is 8.07. The second-order valence-corrected chi connectivity index (χ2v) is 4.80. The van der Waals surface area contributed by atoms with Gasteiger partial charge in [0.2, 0.25) is 0 Å². The number of rotatable bonds is 5. The molecule has 0 atom stereocenters.